The Bertz CT molecular complexity index is 525. The SMILES string of the molecule is CNC(Cc1ccccc1F)c1cccc(C)n1. The topological polar surface area (TPSA) is 24.9 Å². The molecule has 0 spiro atoms. The van der Waals surface area contributed by atoms with E-state index >= 15 is 0 Å². The van der Waals surface area contributed by atoms with E-state index in [-0.39, 0.29) is 11.9 Å². The van der Waals surface area contributed by atoms with E-state index in [0.29, 0.717) is 12.0 Å². The first kappa shape index (κ1) is 12.7. The van der Waals surface area contributed by atoms with Gasteiger partial charge in [0.25, 0.3) is 0 Å². The van der Waals surface area contributed by atoms with Gasteiger partial charge < -0.3 is 5.32 Å². The lowest BCUT2D eigenvalue weighted by Gasteiger charge is -2.16. The maximum atomic E-state index is 13.6. The van der Waals surface area contributed by atoms with Gasteiger partial charge in [0.2, 0.25) is 0 Å². The number of aromatic nitrogens is 1. The number of nitrogens with one attached hydrogen (secondary N) is 1. The summed E-state index contributed by atoms with van der Waals surface area (Å²) in [5.41, 5.74) is 2.63. The first-order chi connectivity index (χ1) is 8.70. The van der Waals surface area contributed by atoms with Crippen LogP contribution in [0.15, 0.2) is 42.5 Å². The highest BCUT2D eigenvalue weighted by molar-refractivity contribution is 5.22. The summed E-state index contributed by atoms with van der Waals surface area (Å²) in [6.45, 7) is 1.96. The Balaban J connectivity index is 2.23. The largest absolute Gasteiger partial charge is 0.311 e. The van der Waals surface area contributed by atoms with Crippen LogP contribution >= 0.6 is 0 Å². The second-order valence-electron chi connectivity index (χ2n) is 4.34. The molecule has 1 atom stereocenters. The quantitative estimate of drug-likeness (QED) is 0.894. The third kappa shape index (κ3) is 2.93. The molecule has 94 valence electrons. The number of aryl methyl sites for hydroxylation is 1. The summed E-state index contributed by atoms with van der Waals surface area (Å²) < 4.78 is 13.6. The highest BCUT2D eigenvalue weighted by Crippen LogP contribution is 2.18. The summed E-state index contributed by atoms with van der Waals surface area (Å²) in [5, 5.41) is 3.19. The third-order valence-corrected chi connectivity index (χ3v) is 3.00. The Labute approximate surface area is 107 Å². The second-order valence-corrected chi connectivity index (χ2v) is 4.34. The Morgan fingerprint density at radius 2 is 1.94 bits per heavy atom. The molecule has 1 aromatic carbocycles. The lowest BCUT2D eigenvalue weighted by molar-refractivity contribution is 0.544. The Morgan fingerprint density at radius 3 is 2.61 bits per heavy atom. The number of pyridine rings is 1. The number of benzene rings is 1. The van der Waals surface area contributed by atoms with Gasteiger partial charge in [-0.2, -0.15) is 0 Å². The average Bonchev–Trinajstić information content (AvgIpc) is 2.38. The van der Waals surface area contributed by atoms with Crippen LogP contribution in [0, 0.1) is 12.7 Å². The Morgan fingerprint density at radius 1 is 1.17 bits per heavy atom. The van der Waals surface area contributed by atoms with Crippen molar-refractivity contribution < 1.29 is 4.39 Å². The van der Waals surface area contributed by atoms with Crippen LogP contribution in [0.25, 0.3) is 0 Å². The average molecular weight is 244 g/mol. The summed E-state index contributed by atoms with van der Waals surface area (Å²) in [5.74, 6) is -0.162. The van der Waals surface area contributed by atoms with Crippen molar-refractivity contribution in [3.05, 3.63) is 65.2 Å². The van der Waals surface area contributed by atoms with Crippen molar-refractivity contribution in [2.24, 2.45) is 0 Å². The number of likely N-dealkylation sites (N-methyl/N-ethyl adjacent to an activating group) is 1. The van der Waals surface area contributed by atoms with E-state index in [0.717, 1.165) is 11.4 Å². The van der Waals surface area contributed by atoms with Gasteiger partial charge in [-0.3, -0.25) is 4.98 Å². The predicted molar refractivity (Wildman–Crippen MR) is 70.9 cm³/mol. The molecule has 2 rings (SSSR count). The van der Waals surface area contributed by atoms with Crippen LogP contribution in [0.5, 0.6) is 0 Å². The third-order valence-electron chi connectivity index (χ3n) is 3.00. The van der Waals surface area contributed by atoms with E-state index in [1.54, 1.807) is 6.07 Å². The highest BCUT2D eigenvalue weighted by Gasteiger charge is 2.13. The lowest BCUT2D eigenvalue weighted by Crippen LogP contribution is -2.20. The molecule has 3 heteroatoms. The van der Waals surface area contributed by atoms with Crippen molar-refractivity contribution in [1.82, 2.24) is 10.3 Å². The molecule has 2 nitrogen and oxygen atoms in total. The van der Waals surface area contributed by atoms with Crippen LogP contribution in [0.3, 0.4) is 0 Å². The van der Waals surface area contributed by atoms with Crippen molar-refractivity contribution >= 4 is 0 Å². The molecule has 0 aliphatic carbocycles. The number of hydrogen-bond acceptors (Lipinski definition) is 2. The van der Waals surface area contributed by atoms with Gasteiger partial charge >= 0.3 is 0 Å². The maximum absolute atomic E-state index is 13.6. The van der Waals surface area contributed by atoms with E-state index in [1.165, 1.54) is 6.07 Å². The smallest absolute Gasteiger partial charge is 0.126 e. The van der Waals surface area contributed by atoms with E-state index in [4.69, 9.17) is 0 Å². The summed E-state index contributed by atoms with van der Waals surface area (Å²) in [6, 6.07) is 12.8. The van der Waals surface area contributed by atoms with Gasteiger partial charge in [0.15, 0.2) is 0 Å². The molecule has 0 saturated carbocycles. The van der Waals surface area contributed by atoms with Crippen LogP contribution in [0.4, 0.5) is 4.39 Å². The number of hydrogen-bond donors (Lipinski definition) is 1. The summed E-state index contributed by atoms with van der Waals surface area (Å²) in [7, 11) is 1.87. The molecule has 1 N–H and O–H groups in total. The number of nitrogens with zero attached hydrogens (tertiary/aromatic N) is 1. The first-order valence-corrected chi connectivity index (χ1v) is 6.05. The standard InChI is InChI=1S/C15H17FN2/c1-11-6-5-9-14(18-11)15(17-2)10-12-7-3-4-8-13(12)16/h3-9,15,17H,10H2,1-2H3. The van der Waals surface area contributed by atoms with Gasteiger partial charge in [-0.15, -0.1) is 0 Å². The minimum absolute atomic E-state index is 0.0294. The maximum Gasteiger partial charge on any atom is 0.126 e. The normalized spacial score (nSPS) is 12.4. The fourth-order valence-corrected chi connectivity index (χ4v) is 2.00. The van der Waals surface area contributed by atoms with Gasteiger partial charge in [-0.25, -0.2) is 4.39 Å². The van der Waals surface area contributed by atoms with Crippen LogP contribution < -0.4 is 5.32 Å². The van der Waals surface area contributed by atoms with Crippen LogP contribution in [0.1, 0.15) is 23.0 Å². The molecule has 18 heavy (non-hydrogen) atoms. The monoisotopic (exact) mass is 244 g/mol. The molecular weight excluding hydrogens is 227 g/mol. The molecule has 0 fully saturated rings. The van der Waals surface area contributed by atoms with E-state index in [2.05, 4.69) is 10.3 Å². The zero-order valence-corrected chi connectivity index (χ0v) is 10.7. The molecule has 0 amide bonds. The molecular formula is C15H17FN2. The van der Waals surface area contributed by atoms with Crippen molar-refractivity contribution in [3.8, 4) is 0 Å². The van der Waals surface area contributed by atoms with Crippen LogP contribution in [0.2, 0.25) is 0 Å². The van der Waals surface area contributed by atoms with Gasteiger partial charge in [0.05, 0.1) is 11.7 Å². The Kier molecular flexibility index (Phi) is 4.05. The lowest BCUT2D eigenvalue weighted by atomic mass is 10.0. The van der Waals surface area contributed by atoms with Gasteiger partial charge in [-0.1, -0.05) is 24.3 Å². The van der Waals surface area contributed by atoms with Gasteiger partial charge in [0.1, 0.15) is 5.82 Å². The Hall–Kier alpha value is -1.74. The van der Waals surface area contributed by atoms with E-state index < -0.39 is 0 Å². The minimum atomic E-state index is -0.162. The first-order valence-electron chi connectivity index (χ1n) is 6.05. The minimum Gasteiger partial charge on any atom is -0.311 e. The molecule has 1 unspecified atom stereocenters. The van der Waals surface area contributed by atoms with Crippen LogP contribution in [-0.2, 0) is 6.42 Å². The zero-order chi connectivity index (χ0) is 13.0. The molecule has 0 saturated heterocycles. The fourth-order valence-electron chi connectivity index (χ4n) is 2.00. The van der Waals surface area contributed by atoms with E-state index in [9.17, 15) is 4.39 Å². The zero-order valence-electron chi connectivity index (χ0n) is 10.7. The molecule has 0 aliphatic heterocycles. The van der Waals surface area contributed by atoms with Gasteiger partial charge in [0, 0.05) is 5.69 Å². The molecule has 1 aromatic heterocycles. The molecule has 2 aromatic rings. The van der Waals surface area contributed by atoms with E-state index in [1.807, 2.05) is 44.3 Å². The van der Waals surface area contributed by atoms with Crippen LogP contribution in [-0.4, -0.2) is 12.0 Å². The predicted octanol–water partition coefficient (Wildman–Crippen LogP) is 3.03. The van der Waals surface area contributed by atoms with Gasteiger partial charge in [-0.05, 0) is 44.2 Å². The van der Waals surface area contributed by atoms with Crippen molar-refractivity contribution in [3.63, 3.8) is 0 Å². The molecule has 0 radical (unpaired) electrons. The molecule has 0 aliphatic rings. The summed E-state index contributed by atoms with van der Waals surface area (Å²) in [4.78, 5) is 4.49. The van der Waals surface area contributed by atoms with Crippen molar-refractivity contribution in [2.75, 3.05) is 7.05 Å². The molecule has 0 bridgehead atoms. The second kappa shape index (κ2) is 5.74. The summed E-state index contributed by atoms with van der Waals surface area (Å²) >= 11 is 0. The van der Waals surface area contributed by atoms with Crippen molar-refractivity contribution in [1.29, 1.82) is 0 Å². The number of rotatable bonds is 4. The number of halogens is 1. The summed E-state index contributed by atoms with van der Waals surface area (Å²) in [6.07, 6.45) is 0.597. The highest BCUT2D eigenvalue weighted by atomic mass is 19.1. The molecule has 1 heterocycles. The fraction of sp³-hybridized carbons (Fsp3) is 0.267. The van der Waals surface area contributed by atoms with Crippen molar-refractivity contribution in [2.45, 2.75) is 19.4 Å².